The standard InChI is InChI=1S/C24H33ClN4O2/c1-4-15(2)26-24(30)20-13-16(3)29(21-8-6-5-7-19(20)21)14-22-27-23(28-31-22)17-9-11-18(25)12-10-17/h9-12,15-16,19-21H,4-8,13-14H2,1-3H3,(H,26,30)/t15-,16-,19+,20+,21-/m0/s1. The molecule has 1 aliphatic heterocycles. The van der Waals surface area contributed by atoms with Gasteiger partial charge in [0.1, 0.15) is 0 Å². The van der Waals surface area contributed by atoms with Crippen molar-refractivity contribution in [3.63, 3.8) is 0 Å². The van der Waals surface area contributed by atoms with Gasteiger partial charge in [-0.3, -0.25) is 9.69 Å². The lowest BCUT2D eigenvalue weighted by Gasteiger charge is -2.50. The van der Waals surface area contributed by atoms with Crippen LogP contribution < -0.4 is 5.32 Å². The average Bonchev–Trinajstić information content (AvgIpc) is 3.24. The van der Waals surface area contributed by atoms with Crippen LogP contribution in [0.4, 0.5) is 0 Å². The normalized spacial score (nSPS) is 27.5. The summed E-state index contributed by atoms with van der Waals surface area (Å²) in [6, 6.07) is 8.37. The third-order valence-corrected chi connectivity index (χ3v) is 7.36. The Morgan fingerprint density at radius 3 is 2.77 bits per heavy atom. The van der Waals surface area contributed by atoms with E-state index < -0.39 is 0 Å². The molecular weight excluding hydrogens is 412 g/mol. The molecule has 5 atom stereocenters. The number of amides is 1. The van der Waals surface area contributed by atoms with Crippen molar-refractivity contribution < 1.29 is 9.32 Å². The number of rotatable bonds is 6. The summed E-state index contributed by atoms with van der Waals surface area (Å²) in [7, 11) is 0. The van der Waals surface area contributed by atoms with E-state index in [0.29, 0.717) is 35.2 Å². The molecule has 1 N–H and O–H groups in total. The molecule has 2 aromatic rings. The van der Waals surface area contributed by atoms with Crippen LogP contribution in [0.25, 0.3) is 11.4 Å². The van der Waals surface area contributed by atoms with Gasteiger partial charge in [-0.2, -0.15) is 4.98 Å². The van der Waals surface area contributed by atoms with Gasteiger partial charge in [0.2, 0.25) is 17.6 Å². The Hall–Kier alpha value is -1.92. The summed E-state index contributed by atoms with van der Waals surface area (Å²) < 4.78 is 5.61. The Bertz CT molecular complexity index is 884. The van der Waals surface area contributed by atoms with E-state index in [2.05, 4.69) is 41.1 Å². The molecule has 0 unspecified atom stereocenters. The predicted octanol–water partition coefficient (Wildman–Crippen LogP) is 5.07. The van der Waals surface area contributed by atoms with Gasteiger partial charge in [0.05, 0.1) is 6.54 Å². The van der Waals surface area contributed by atoms with E-state index in [1.165, 1.54) is 12.8 Å². The number of nitrogens with zero attached hydrogens (tertiary/aromatic N) is 3. The Balaban J connectivity index is 1.49. The molecule has 0 radical (unpaired) electrons. The lowest BCUT2D eigenvalue weighted by Crippen LogP contribution is -2.57. The number of piperidine rings is 1. The average molecular weight is 445 g/mol. The maximum Gasteiger partial charge on any atom is 0.241 e. The monoisotopic (exact) mass is 444 g/mol. The Morgan fingerprint density at radius 1 is 1.29 bits per heavy atom. The van der Waals surface area contributed by atoms with Crippen molar-refractivity contribution in [3.8, 4) is 11.4 Å². The van der Waals surface area contributed by atoms with Crippen LogP contribution in [0.15, 0.2) is 28.8 Å². The van der Waals surface area contributed by atoms with Gasteiger partial charge in [-0.05, 0) is 69.7 Å². The van der Waals surface area contributed by atoms with Gasteiger partial charge in [-0.15, -0.1) is 0 Å². The first kappa shape index (κ1) is 22.3. The zero-order valence-electron chi connectivity index (χ0n) is 18.7. The zero-order chi connectivity index (χ0) is 22.0. The minimum atomic E-state index is 0.0952. The van der Waals surface area contributed by atoms with Crippen LogP contribution in [0.5, 0.6) is 0 Å². The minimum absolute atomic E-state index is 0.0952. The fourth-order valence-corrected chi connectivity index (χ4v) is 5.37. The van der Waals surface area contributed by atoms with Crippen molar-refractivity contribution in [1.82, 2.24) is 20.4 Å². The summed E-state index contributed by atoms with van der Waals surface area (Å²) >= 11 is 5.98. The fraction of sp³-hybridized carbons (Fsp3) is 0.625. The van der Waals surface area contributed by atoms with Gasteiger partial charge >= 0.3 is 0 Å². The molecule has 1 saturated heterocycles. The van der Waals surface area contributed by atoms with Gasteiger partial charge in [0.25, 0.3) is 0 Å². The maximum atomic E-state index is 13.0. The Kier molecular flexibility index (Phi) is 6.97. The summed E-state index contributed by atoms with van der Waals surface area (Å²) in [5.74, 6) is 1.94. The van der Waals surface area contributed by atoms with Gasteiger partial charge < -0.3 is 9.84 Å². The van der Waals surface area contributed by atoms with E-state index in [-0.39, 0.29) is 23.9 Å². The molecule has 2 fully saturated rings. The van der Waals surface area contributed by atoms with E-state index in [1.807, 2.05) is 24.3 Å². The molecule has 4 rings (SSSR count). The quantitative estimate of drug-likeness (QED) is 0.673. The number of likely N-dealkylation sites (tertiary alicyclic amines) is 1. The number of hydrogen-bond donors (Lipinski definition) is 1. The Labute approximate surface area is 189 Å². The number of halogens is 1. The van der Waals surface area contributed by atoms with Gasteiger partial charge in [0.15, 0.2) is 0 Å². The van der Waals surface area contributed by atoms with Gasteiger partial charge in [0, 0.05) is 34.6 Å². The highest BCUT2D eigenvalue weighted by molar-refractivity contribution is 6.30. The van der Waals surface area contributed by atoms with Crippen molar-refractivity contribution in [2.45, 2.75) is 84.0 Å². The first-order valence-electron chi connectivity index (χ1n) is 11.6. The van der Waals surface area contributed by atoms with Gasteiger partial charge in [-0.1, -0.05) is 36.5 Å². The molecular formula is C24H33ClN4O2. The highest BCUT2D eigenvalue weighted by atomic mass is 35.5. The molecule has 1 amide bonds. The molecule has 168 valence electrons. The van der Waals surface area contributed by atoms with Crippen molar-refractivity contribution in [3.05, 3.63) is 35.2 Å². The van der Waals surface area contributed by atoms with Crippen LogP contribution in [0.1, 0.15) is 65.2 Å². The summed E-state index contributed by atoms with van der Waals surface area (Å²) in [6.07, 6.45) is 6.50. The summed E-state index contributed by atoms with van der Waals surface area (Å²) in [5, 5.41) is 8.10. The van der Waals surface area contributed by atoms with Gasteiger partial charge in [-0.25, -0.2) is 0 Å². The number of aromatic nitrogens is 2. The van der Waals surface area contributed by atoms with Crippen LogP contribution in [-0.2, 0) is 11.3 Å². The van der Waals surface area contributed by atoms with Crippen LogP contribution in [-0.4, -0.2) is 39.1 Å². The number of benzene rings is 1. The molecule has 2 heterocycles. The largest absolute Gasteiger partial charge is 0.353 e. The SMILES string of the molecule is CC[C@H](C)NC(=O)[C@@H]1C[C@H](C)N(Cc2nc(-c3ccc(Cl)cc3)no2)[C@H]2CCCC[C@H]12. The van der Waals surface area contributed by atoms with E-state index in [4.69, 9.17) is 16.1 Å². The molecule has 6 nitrogen and oxygen atoms in total. The van der Waals surface area contributed by atoms with Crippen LogP contribution in [0, 0.1) is 11.8 Å². The maximum absolute atomic E-state index is 13.0. The van der Waals surface area contributed by atoms with Crippen molar-refractivity contribution >= 4 is 17.5 Å². The van der Waals surface area contributed by atoms with E-state index >= 15 is 0 Å². The smallest absolute Gasteiger partial charge is 0.241 e. The lowest BCUT2D eigenvalue weighted by molar-refractivity contribution is -0.134. The highest BCUT2D eigenvalue weighted by Gasteiger charge is 2.45. The molecule has 2 aliphatic rings. The summed E-state index contributed by atoms with van der Waals surface area (Å²) in [5.41, 5.74) is 0.892. The predicted molar refractivity (Wildman–Crippen MR) is 121 cm³/mol. The number of hydrogen-bond acceptors (Lipinski definition) is 5. The number of carbonyl (C=O) groups is 1. The van der Waals surface area contributed by atoms with E-state index in [0.717, 1.165) is 31.2 Å². The van der Waals surface area contributed by atoms with E-state index in [1.54, 1.807) is 0 Å². The van der Waals surface area contributed by atoms with Crippen LogP contribution in [0.3, 0.4) is 0 Å². The fourth-order valence-electron chi connectivity index (χ4n) is 5.24. The highest BCUT2D eigenvalue weighted by Crippen LogP contribution is 2.42. The topological polar surface area (TPSA) is 71.3 Å². The first-order valence-corrected chi connectivity index (χ1v) is 12.0. The van der Waals surface area contributed by atoms with Crippen LogP contribution >= 0.6 is 11.6 Å². The third kappa shape index (κ3) is 4.96. The summed E-state index contributed by atoms with van der Waals surface area (Å²) in [4.78, 5) is 20.2. The molecule has 0 bridgehead atoms. The molecule has 31 heavy (non-hydrogen) atoms. The second-order valence-corrected chi connectivity index (χ2v) is 9.65. The molecule has 1 aromatic carbocycles. The molecule has 1 aliphatic carbocycles. The number of carbonyl (C=O) groups excluding carboxylic acids is 1. The third-order valence-electron chi connectivity index (χ3n) is 7.11. The van der Waals surface area contributed by atoms with Crippen molar-refractivity contribution in [2.75, 3.05) is 0 Å². The van der Waals surface area contributed by atoms with Crippen molar-refractivity contribution in [2.24, 2.45) is 11.8 Å². The van der Waals surface area contributed by atoms with E-state index in [9.17, 15) is 4.79 Å². The molecule has 7 heteroatoms. The Morgan fingerprint density at radius 2 is 2.03 bits per heavy atom. The zero-order valence-corrected chi connectivity index (χ0v) is 19.4. The summed E-state index contributed by atoms with van der Waals surface area (Å²) in [6.45, 7) is 7.05. The first-order chi connectivity index (χ1) is 15.0. The molecule has 0 spiro atoms. The number of nitrogens with one attached hydrogen (secondary N) is 1. The van der Waals surface area contributed by atoms with Crippen LogP contribution in [0.2, 0.25) is 5.02 Å². The minimum Gasteiger partial charge on any atom is -0.353 e. The molecule has 1 saturated carbocycles. The second-order valence-electron chi connectivity index (χ2n) is 9.22. The van der Waals surface area contributed by atoms with Crippen molar-refractivity contribution in [1.29, 1.82) is 0 Å². The molecule has 1 aromatic heterocycles. The second kappa shape index (κ2) is 9.70. The lowest BCUT2D eigenvalue weighted by atomic mass is 9.69. The number of fused-ring (bicyclic) bond motifs is 1.